The lowest BCUT2D eigenvalue weighted by atomic mass is 10.00. The van der Waals surface area contributed by atoms with Gasteiger partial charge in [-0.15, -0.1) is 0 Å². The highest BCUT2D eigenvalue weighted by atomic mass is 19.1. The molecule has 1 saturated heterocycles. The Morgan fingerprint density at radius 1 is 1.46 bits per heavy atom. The molecule has 1 aromatic carbocycles. The molecule has 1 N–H and O–H groups in total. The number of amides is 1. The number of hydrogen-bond acceptors (Lipinski definition) is 4. The molecule has 0 spiro atoms. The molecule has 0 unspecified atom stereocenters. The van der Waals surface area contributed by atoms with Gasteiger partial charge in [-0.25, -0.2) is 9.37 Å². The van der Waals surface area contributed by atoms with Crippen LogP contribution in [0.15, 0.2) is 18.2 Å². The number of halogens is 1. The zero-order chi connectivity index (χ0) is 17.1. The largest absolute Gasteiger partial charge is 0.494 e. The van der Waals surface area contributed by atoms with Gasteiger partial charge in [0.05, 0.1) is 19.6 Å². The lowest BCUT2D eigenvalue weighted by Crippen LogP contribution is -2.39. The van der Waals surface area contributed by atoms with E-state index in [4.69, 9.17) is 4.74 Å². The molecular formula is C17H21FN4O2. The summed E-state index contributed by atoms with van der Waals surface area (Å²) in [4.78, 5) is 18.9. The van der Waals surface area contributed by atoms with Gasteiger partial charge in [-0.3, -0.25) is 9.89 Å². The summed E-state index contributed by atoms with van der Waals surface area (Å²) in [6, 6.07) is 4.51. The fraction of sp³-hybridized carbons (Fsp3) is 0.471. The maximum atomic E-state index is 13.8. The number of benzene rings is 1. The van der Waals surface area contributed by atoms with Crippen LogP contribution < -0.4 is 4.74 Å². The van der Waals surface area contributed by atoms with Crippen LogP contribution in [0.1, 0.15) is 42.5 Å². The van der Waals surface area contributed by atoms with Crippen LogP contribution in [-0.4, -0.2) is 39.6 Å². The van der Waals surface area contributed by atoms with Crippen molar-refractivity contribution >= 4 is 5.91 Å². The van der Waals surface area contributed by atoms with Crippen molar-refractivity contribution in [2.45, 2.75) is 38.6 Å². The zero-order valence-electron chi connectivity index (χ0n) is 13.9. The first-order valence-electron chi connectivity index (χ1n) is 8.09. The number of ether oxygens (including phenoxy) is 1. The molecule has 1 aliphatic heterocycles. The summed E-state index contributed by atoms with van der Waals surface area (Å²) in [6.45, 7) is 2.52. The topological polar surface area (TPSA) is 71.1 Å². The molecule has 1 aliphatic rings. The van der Waals surface area contributed by atoms with Crippen molar-refractivity contribution in [2.24, 2.45) is 0 Å². The van der Waals surface area contributed by atoms with Crippen molar-refractivity contribution in [3.05, 3.63) is 41.2 Å². The second kappa shape index (κ2) is 6.98. The normalized spacial score (nSPS) is 17.8. The van der Waals surface area contributed by atoms with E-state index < -0.39 is 5.82 Å². The number of piperidine rings is 1. The average Bonchev–Trinajstić information content (AvgIpc) is 3.01. The lowest BCUT2D eigenvalue weighted by Gasteiger charge is -2.34. The van der Waals surface area contributed by atoms with Gasteiger partial charge in [0.15, 0.2) is 17.4 Å². The van der Waals surface area contributed by atoms with Gasteiger partial charge >= 0.3 is 0 Å². The molecule has 3 rings (SSSR count). The third-order valence-electron chi connectivity index (χ3n) is 4.31. The number of aryl methyl sites for hydroxylation is 1. The second-order valence-corrected chi connectivity index (χ2v) is 6.02. The van der Waals surface area contributed by atoms with Gasteiger partial charge in [0, 0.05) is 6.54 Å². The van der Waals surface area contributed by atoms with E-state index in [1.165, 1.54) is 13.2 Å². The van der Waals surface area contributed by atoms with E-state index in [1.807, 2.05) is 11.8 Å². The van der Waals surface area contributed by atoms with Crippen LogP contribution in [0.25, 0.3) is 0 Å². The molecule has 0 aliphatic carbocycles. The SMILES string of the molecule is COc1ccc(CC(=O)N2CCCC[C@@H]2c2n[nH]c(C)n2)cc1F. The Balaban J connectivity index is 1.75. The van der Waals surface area contributed by atoms with Crippen LogP contribution in [-0.2, 0) is 11.2 Å². The number of aromatic amines is 1. The highest BCUT2D eigenvalue weighted by Gasteiger charge is 2.30. The van der Waals surface area contributed by atoms with Crippen molar-refractivity contribution in [1.82, 2.24) is 20.1 Å². The monoisotopic (exact) mass is 332 g/mol. The molecule has 128 valence electrons. The molecule has 24 heavy (non-hydrogen) atoms. The van der Waals surface area contributed by atoms with Crippen LogP contribution in [0.3, 0.4) is 0 Å². The summed E-state index contributed by atoms with van der Waals surface area (Å²) in [5, 5.41) is 7.04. The van der Waals surface area contributed by atoms with E-state index >= 15 is 0 Å². The van der Waals surface area contributed by atoms with E-state index in [0.717, 1.165) is 25.1 Å². The van der Waals surface area contributed by atoms with Gasteiger partial charge in [0.1, 0.15) is 5.82 Å². The van der Waals surface area contributed by atoms with Crippen molar-refractivity contribution in [2.75, 3.05) is 13.7 Å². The molecule has 1 atom stereocenters. The highest BCUT2D eigenvalue weighted by Crippen LogP contribution is 2.29. The summed E-state index contributed by atoms with van der Waals surface area (Å²) in [6.07, 6.45) is 3.00. The van der Waals surface area contributed by atoms with Crippen LogP contribution in [0.2, 0.25) is 0 Å². The summed E-state index contributed by atoms with van der Waals surface area (Å²) >= 11 is 0. The maximum Gasteiger partial charge on any atom is 0.227 e. The van der Waals surface area contributed by atoms with Gasteiger partial charge in [0.2, 0.25) is 5.91 Å². The van der Waals surface area contributed by atoms with Gasteiger partial charge in [0.25, 0.3) is 0 Å². The molecular weight excluding hydrogens is 311 g/mol. The second-order valence-electron chi connectivity index (χ2n) is 6.02. The first-order valence-corrected chi connectivity index (χ1v) is 8.09. The van der Waals surface area contributed by atoms with E-state index in [9.17, 15) is 9.18 Å². The Kier molecular flexibility index (Phi) is 4.78. The van der Waals surface area contributed by atoms with E-state index in [0.29, 0.717) is 17.9 Å². The molecule has 1 amide bonds. The number of aromatic nitrogens is 3. The standard InChI is InChI=1S/C17H21FN4O2/c1-11-19-17(21-20-11)14-5-3-4-8-22(14)16(23)10-12-6-7-15(24-2)13(18)9-12/h6-7,9,14H,3-5,8,10H2,1-2H3,(H,19,20,21)/t14-/m1/s1. The molecule has 7 heteroatoms. The minimum atomic E-state index is -0.456. The highest BCUT2D eigenvalue weighted by molar-refractivity contribution is 5.79. The van der Waals surface area contributed by atoms with Crippen LogP contribution in [0, 0.1) is 12.7 Å². The first kappa shape index (κ1) is 16.4. The predicted octanol–water partition coefficient (Wildman–Crippen LogP) is 2.56. The number of carbonyl (C=O) groups excluding carboxylic acids is 1. The quantitative estimate of drug-likeness (QED) is 0.934. The van der Waals surface area contributed by atoms with E-state index in [2.05, 4.69) is 15.2 Å². The molecule has 1 fully saturated rings. The third-order valence-corrected chi connectivity index (χ3v) is 4.31. The molecule has 2 heterocycles. The summed E-state index contributed by atoms with van der Waals surface area (Å²) in [5.74, 6) is 1.08. The maximum absolute atomic E-state index is 13.8. The third kappa shape index (κ3) is 3.39. The Morgan fingerprint density at radius 2 is 2.29 bits per heavy atom. The molecule has 2 aromatic rings. The van der Waals surface area contributed by atoms with Crippen LogP contribution in [0.4, 0.5) is 4.39 Å². The van der Waals surface area contributed by atoms with E-state index in [-0.39, 0.29) is 24.1 Å². The van der Waals surface area contributed by atoms with Gasteiger partial charge in [-0.05, 0) is 43.9 Å². The summed E-state index contributed by atoms with van der Waals surface area (Å²) in [5.41, 5.74) is 0.633. The first-order chi connectivity index (χ1) is 11.6. The Hall–Kier alpha value is -2.44. The Morgan fingerprint density at radius 3 is 2.96 bits per heavy atom. The van der Waals surface area contributed by atoms with Crippen molar-refractivity contribution in [3.63, 3.8) is 0 Å². The minimum absolute atomic E-state index is 0.0354. The van der Waals surface area contributed by atoms with Crippen LogP contribution in [0.5, 0.6) is 5.75 Å². The number of rotatable bonds is 4. The predicted molar refractivity (Wildman–Crippen MR) is 86.1 cm³/mol. The Bertz CT molecular complexity index is 731. The Labute approximate surface area is 140 Å². The molecule has 0 saturated carbocycles. The summed E-state index contributed by atoms with van der Waals surface area (Å²) in [7, 11) is 1.42. The number of nitrogens with one attached hydrogen (secondary N) is 1. The zero-order valence-corrected chi connectivity index (χ0v) is 13.9. The number of carbonyl (C=O) groups is 1. The van der Waals surface area contributed by atoms with Crippen LogP contribution >= 0.6 is 0 Å². The van der Waals surface area contributed by atoms with Gasteiger partial charge in [-0.2, -0.15) is 5.10 Å². The number of methoxy groups -OCH3 is 1. The minimum Gasteiger partial charge on any atom is -0.494 e. The average molecular weight is 332 g/mol. The fourth-order valence-corrected chi connectivity index (χ4v) is 3.10. The molecule has 0 bridgehead atoms. The lowest BCUT2D eigenvalue weighted by molar-refractivity contribution is -0.134. The van der Waals surface area contributed by atoms with E-state index in [1.54, 1.807) is 12.1 Å². The molecule has 0 radical (unpaired) electrons. The number of H-pyrrole nitrogens is 1. The number of likely N-dealkylation sites (tertiary alicyclic amines) is 1. The number of nitrogens with zero attached hydrogens (tertiary/aromatic N) is 3. The molecule has 6 nitrogen and oxygen atoms in total. The van der Waals surface area contributed by atoms with Crippen molar-refractivity contribution in [1.29, 1.82) is 0 Å². The summed E-state index contributed by atoms with van der Waals surface area (Å²) < 4.78 is 18.7. The number of hydrogen-bond donors (Lipinski definition) is 1. The van der Waals surface area contributed by atoms with Crippen molar-refractivity contribution < 1.29 is 13.9 Å². The smallest absolute Gasteiger partial charge is 0.227 e. The fourth-order valence-electron chi connectivity index (χ4n) is 3.10. The van der Waals surface area contributed by atoms with Gasteiger partial charge in [-0.1, -0.05) is 6.07 Å². The molecule has 1 aromatic heterocycles. The van der Waals surface area contributed by atoms with Gasteiger partial charge < -0.3 is 9.64 Å². The van der Waals surface area contributed by atoms with Crippen molar-refractivity contribution in [3.8, 4) is 5.75 Å².